The summed E-state index contributed by atoms with van der Waals surface area (Å²) in [6.45, 7) is 1.86. The summed E-state index contributed by atoms with van der Waals surface area (Å²) >= 11 is 0. The minimum Gasteiger partial charge on any atom is -0.479 e. The third kappa shape index (κ3) is 4.06. The van der Waals surface area contributed by atoms with Gasteiger partial charge in [-0.1, -0.05) is 30.3 Å². The minimum absolute atomic E-state index is 0.187. The highest BCUT2D eigenvalue weighted by atomic mass is 16.4. The lowest BCUT2D eigenvalue weighted by atomic mass is 9.94. The molecule has 1 aromatic rings. The molecule has 0 bridgehead atoms. The standard InChI is InChI=1S/C15H20N2O3/c18-13(10-11-6-8-16-9-7-11)17-14(15(19)20)12-4-2-1-3-5-12/h1-5,11,14,16H,6-10H2,(H,17,18)(H,19,20)/t14-/m0/s1. The number of rotatable bonds is 5. The second-order valence-corrected chi connectivity index (χ2v) is 5.15. The van der Waals surface area contributed by atoms with Gasteiger partial charge in [-0.15, -0.1) is 0 Å². The van der Waals surface area contributed by atoms with Gasteiger partial charge in [0.05, 0.1) is 0 Å². The fraction of sp³-hybridized carbons (Fsp3) is 0.467. The van der Waals surface area contributed by atoms with E-state index in [0.29, 0.717) is 17.9 Å². The molecular formula is C15H20N2O3. The first-order valence-electron chi connectivity index (χ1n) is 6.94. The number of hydrogen-bond acceptors (Lipinski definition) is 3. The van der Waals surface area contributed by atoms with Crippen LogP contribution in [0.15, 0.2) is 30.3 Å². The van der Waals surface area contributed by atoms with Gasteiger partial charge in [-0.2, -0.15) is 0 Å². The van der Waals surface area contributed by atoms with E-state index in [1.807, 2.05) is 6.07 Å². The van der Waals surface area contributed by atoms with Crippen molar-refractivity contribution in [3.8, 4) is 0 Å². The van der Waals surface area contributed by atoms with Crippen molar-refractivity contribution in [2.75, 3.05) is 13.1 Å². The van der Waals surface area contributed by atoms with E-state index in [2.05, 4.69) is 10.6 Å². The number of benzene rings is 1. The monoisotopic (exact) mass is 276 g/mol. The van der Waals surface area contributed by atoms with E-state index in [0.717, 1.165) is 25.9 Å². The van der Waals surface area contributed by atoms with E-state index in [4.69, 9.17) is 0 Å². The van der Waals surface area contributed by atoms with Crippen LogP contribution >= 0.6 is 0 Å². The number of carbonyl (C=O) groups excluding carboxylic acids is 1. The Labute approximate surface area is 118 Å². The van der Waals surface area contributed by atoms with Crippen molar-refractivity contribution in [1.29, 1.82) is 0 Å². The number of aliphatic carboxylic acids is 1. The van der Waals surface area contributed by atoms with Crippen LogP contribution in [0, 0.1) is 5.92 Å². The third-order valence-electron chi connectivity index (χ3n) is 3.62. The van der Waals surface area contributed by atoms with Crippen molar-refractivity contribution in [3.05, 3.63) is 35.9 Å². The van der Waals surface area contributed by atoms with Gasteiger partial charge in [0.15, 0.2) is 6.04 Å². The van der Waals surface area contributed by atoms with Crippen molar-refractivity contribution in [2.24, 2.45) is 5.92 Å². The summed E-state index contributed by atoms with van der Waals surface area (Å²) < 4.78 is 0. The lowest BCUT2D eigenvalue weighted by molar-refractivity contribution is -0.142. The van der Waals surface area contributed by atoms with Crippen LogP contribution in [-0.4, -0.2) is 30.1 Å². The molecule has 1 atom stereocenters. The number of carboxylic acid groups (broad SMARTS) is 1. The topological polar surface area (TPSA) is 78.4 Å². The molecule has 0 spiro atoms. The summed E-state index contributed by atoms with van der Waals surface area (Å²) in [7, 11) is 0. The maximum atomic E-state index is 12.0. The number of nitrogens with one attached hydrogen (secondary N) is 2. The zero-order valence-corrected chi connectivity index (χ0v) is 11.3. The first-order valence-corrected chi connectivity index (χ1v) is 6.94. The molecule has 0 radical (unpaired) electrons. The molecule has 1 saturated heterocycles. The van der Waals surface area contributed by atoms with Crippen LogP contribution in [0.4, 0.5) is 0 Å². The van der Waals surface area contributed by atoms with E-state index < -0.39 is 12.0 Å². The van der Waals surface area contributed by atoms with Gasteiger partial charge < -0.3 is 15.7 Å². The number of piperidine rings is 1. The summed E-state index contributed by atoms with van der Waals surface area (Å²) in [5.41, 5.74) is 0.596. The molecule has 5 heteroatoms. The predicted octanol–water partition coefficient (Wildman–Crippen LogP) is 1.32. The lowest BCUT2D eigenvalue weighted by Crippen LogP contribution is -2.36. The summed E-state index contributed by atoms with van der Waals surface area (Å²) in [6, 6.07) is 7.81. The van der Waals surface area contributed by atoms with Crippen LogP contribution < -0.4 is 10.6 Å². The second kappa shape index (κ2) is 7.05. The minimum atomic E-state index is -1.03. The smallest absolute Gasteiger partial charge is 0.330 e. The number of carbonyl (C=O) groups is 2. The maximum absolute atomic E-state index is 12.0. The van der Waals surface area contributed by atoms with Gasteiger partial charge in [-0.05, 0) is 37.4 Å². The van der Waals surface area contributed by atoms with Gasteiger partial charge in [0.1, 0.15) is 0 Å². The molecule has 0 unspecified atom stereocenters. The van der Waals surface area contributed by atoms with Gasteiger partial charge >= 0.3 is 5.97 Å². The lowest BCUT2D eigenvalue weighted by Gasteiger charge is -2.23. The van der Waals surface area contributed by atoms with Gasteiger partial charge in [-0.25, -0.2) is 4.79 Å². The fourth-order valence-corrected chi connectivity index (χ4v) is 2.50. The molecule has 3 N–H and O–H groups in total. The molecule has 0 aromatic heterocycles. The Bertz CT molecular complexity index is 455. The van der Waals surface area contributed by atoms with E-state index in [9.17, 15) is 14.7 Å². The third-order valence-corrected chi connectivity index (χ3v) is 3.62. The summed E-state index contributed by atoms with van der Waals surface area (Å²) in [5.74, 6) is -0.871. The Hall–Kier alpha value is -1.88. The van der Waals surface area contributed by atoms with Crippen LogP contribution in [0.5, 0.6) is 0 Å². The molecule has 5 nitrogen and oxygen atoms in total. The Kier molecular flexibility index (Phi) is 5.12. The normalized spacial score (nSPS) is 17.4. The van der Waals surface area contributed by atoms with E-state index in [-0.39, 0.29) is 5.91 Å². The Morgan fingerprint density at radius 2 is 1.90 bits per heavy atom. The number of hydrogen-bond donors (Lipinski definition) is 3. The molecule has 1 fully saturated rings. The largest absolute Gasteiger partial charge is 0.479 e. The molecule has 2 rings (SSSR count). The van der Waals surface area contributed by atoms with E-state index >= 15 is 0 Å². The molecule has 1 heterocycles. The van der Waals surface area contributed by atoms with Gasteiger partial charge in [-0.3, -0.25) is 4.79 Å². The Balaban J connectivity index is 1.94. The summed E-state index contributed by atoms with van der Waals surface area (Å²) in [5, 5.41) is 15.1. The maximum Gasteiger partial charge on any atom is 0.330 e. The highest BCUT2D eigenvalue weighted by Crippen LogP contribution is 2.18. The van der Waals surface area contributed by atoms with Gasteiger partial charge in [0.25, 0.3) is 0 Å². The molecular weight excluding hydrogens is 256 g/mol. The quantitative estimate of drug-likeness (QED) is 0.758. The molecule has 0 aliphatic carbocycles. The van der Waals surface area contributed by atoms with Crippen LogP contribution in [0.2, 0.25) is 0 Å². The number of carboxylic acids is 1. The van der Waals surface area contributed by atoms with E-state index in [1.165, 1.54) is 0 Å². The molecule has 0 saturated carbocycles. The molecule has 1 amide bonds. The molecule has 20 heavy (non-hydrogen) atoms. The summed E-state index contributed by atoms with van der Waals surface area (Å²) in [6.07, 6.45) is 2.34. The Morgan fingerprint density at radius 3 is 2.50 bits per heavy atom. The van der Waals surface area contributed by atoms with Crippen LogP contribution in [0.1, 0.15) is 30.9 Å². The van der Waals surface area contributed by atoms with Crippen LogP contribution in [0.3, 0.4) is 0 Å². The highest BCUT2D eigenvalue weighted by molar-refractivity contribution is 5.84. The van der Waals surface area contributed by atoms with E-state index in [1.54, 1.807) is 24.3 Å². The second-order valence-electron chi connectivity index (χ2n) is 5.15. The van der Waals surface area contributed by atoms with Gasteiger partial charge in [0, 0.05) is 6.42 Å². The molecule has 1 aromatic carbocycles. The molecule has 1 aliphatic rings. The van der Waals surface area contributed by atoms with Crippen molar-refractivity contribution >= 4 is 11.9 Å². The van der Waals surface area contributed by atoms with Crippen LogP contribution in [0.25, 0.3) is 0 Å². The first kappa shape index (κ1) is 14.5. The predicted molar refractivity (Wildman–Crippen MR) is 75.2 cm³/mol. The average molecular weight is 276 g/mol. The van der Waals surface area contributed by atoms with Crippen molar-refractivity contribution in [1.82, 2.24) is 10.6 Å². The fourth-order valence-electron chi connectivity index (χ4n) is 2.50. The zero-order chi connectivity index (χ0) is 14.4. The number of amides is 1. The summed E-state index contributed by atoms with van der Waals surface area (Å²) in [4.78, 5) is 23.3. The van der Waals surface area contributed by atoms with Gasteiger partial charge in [0.2, 0.25) is 5.91 Å². The average Bonchev–Trinajstić information content (AvgIpc) is 2.46. The first-order chi connectivity index (χ1) is 9.66. The van der Waals surface area contributed by atoms with Crippen molar-refractivity contribution in [2.45, 2.75) is 25.3 Å². The van der Waals surface area contributed by atoms with Crippen LogP contribution in [-0.2, 0) is 9.59 Å². The molecule has 1 aliphatic heterocycles. The Morgan fingerprint density at radius 1 is 1.25 bits per heavy atom. The van der Waals surface area contributed by atoms with Crippen molar-refractivity contribution < 1.29 is 14.7 Å². The zero-order valence-electron chi connectivity index (χ0n) is 11.3. The molecule has 108 valence electrons. The van der Waals surface area contributed by atoms with Crippen molar-refractivity contribution in [3.63, 3.8) is 0 Å². The highest BCUT2D eigenvalue weighted by Gasteiger charge is 2.24. The SMILES string of the molecule is O=C(CC1CCNCC1)N[C@H](C(=O)O)c1ccccc1.